The smallest absolute Gasteiger partial charge is 0.101 e. The van der Waals surface area contributed by atoms with E-state index in [0.29, 0.717) is 16.5 Å². The number of hydrogen-bond acceptors (Lipinski definition) is 2. The van der Waals surface area contributed by atoms with Gasteiger partial charge in [-0.25, -0.2) is 0 Å². The fourth-order valence-electron chi connectivity index (χ4n) is 6.83. The Balaban J connectivity index is 1.53. The maximum Gasteiger partial charge on any atom is 0.101 e. The maximum absolute atomic E-state index is 10.2. The fraction of sp³-hybridized carbons (Fsp3) is 0.562. The minimum Gasteiger partial charge on any atom is -0.192 e. The molecule has 5 rings (SSSR count). The van der Waals surface area contributed by atoms with Crippen molar-refractivity contribution >= 4 is 15.9 Å². The first-order valence-electron chi connectivity index (χ1n) is 13.7. The van der Waals surface area contributed by atoms with Gasteiger partial charge in [0.25, 0.3) is 0 Å². The van der Waals surface area contributed by atoms with Crippen molar-refractivity contribution in [3.8, 4) is 12.1 Å². The highest BCUT2D eigenvalue weighted by atomic mass is 79.9. The summed E-state index contributed by atoms with van der Waals surface area (Å²) in [5.74, 6) is 0. The quantitative estimate of drug-likeness (QED) is 0.287. The molecule has 2 aromatic carbocycles. The average molecular weight is 532 g/mol. The third-order valence-electron chi connectivity index (χ3n) is 9.12. The van der Waals surface area contributed by atoms with Crippen LogP contribution in [0.5, 0.6) is 0 Å². The molecular formula is C32H39BrN2. The summed E-state index contributed by atoms with van der Waals surface area (Å²) in [7, 11) is 0. The standard InChI is InChI=1S/C32H39BrN2/c1-3-5-6-14-31-15-18-32(19-16-31,20-17-31)29-13-12-25(27(22-34)28(29)23-35)10-8-24-9-11-26(7-4-2)30(33)21-24/h9,11-13,21H,3-8,10,14-20H2,1-2H3. The Bertz CT molecular complexity index is 1110. The van der Waals surface area contributed by atoms with E-state index in [-0.39, 0.29) is 5.41 Å². The van der Waals surface area contributed by atoms with Crippen LogP contribution in [0.4, 0.5) is 0 Å². The van der Waals surface area contributed by atoms with Gasteiger partial charge in [0, 0.05) is 4.47 Å². The molecule has 2 nitrogen and oxygen atoms in total. The van der Waals surface area contributed by atoms with E-state index in [1.807, 2.05) is 0 Å². The van der Waals surface area contributed by atoms with Crippen LogP contribution in [0, 0.1) is 28.1 Å². The molecule has 0 unspecified atom stereocenters. The monoisotopic (exact) mass is 530 g/mol. The zero-order chi connectivity index (χ0) is 24.9. The third-order valence-corrected chi connectivity index (χ3v) is 9.86. The van der Waals surface area contributed by atoms with Crippen LogP contribution in [0.15, 0.2) is 34.8 Å². The summed E-state index contributed by atoms with van der Waals surface area (Å²) < 4.78 is 1.17. The van der Waals surface area contributed by atoms with E-state index in [1.54, 1.807) is 0 Å². The average Bonchev–Trinajstić information content (AvgIpc) is 2.89. The zero-order valence-electron chi connectivity index (χ0n) is 21.6. The van der Waals surface area contributed by atoms with Gasteiger partial charge in [-0.3, -0.25) is 0 Å². The van der Waals surface area contributed by atoms with Crippen LogP contribution in [0.25, 0.3) is 0 Å². The summed E-state index contributed by atoms with van der Waals surface area (Å²) in [5.41, 5.74) is 6.70. The molecule has 3 aliphatic carbocycles. The van der Waals surface area contributed by atoms with Crippen molar-refractivity contribution in [1.29, 1.82) is 10.5 Å². The predicted octanol–water partition coefficient (Wildman–Crippen LogP) is 9.10. The number of benzene rings is 2. The first-order valence-corrected chi connectivity index (χ1v) is 14.5. The van der Waals surface area contributed by atoms with Crippen molar-refractivity contribution in [2.45, 2.75) is 109 Å². The molecule has 3 heteroatoms. The Labute approximate surface area is 220 Å². The Morgan fingerprint density at radius 3 is 2.06 bits per heavy atom. The molecule has 0 spiro atoms. The Morgan fingerprint density at radius 1 is 0.771 bits per heavy atom. The van der Waals surface area contributed by atoms with Crippen LogP contribution in [0.1, 0.15) is 118 Å². The van der Waals surface area contributed by atoms with Crippen LogP contribution in [0.3, 0.4) is 0 Å². The van der Waals surface area contributed by atoms with Crippen molar-refractivity contribution in [2.75, 3.05) is 0 Å². The van der Waals surface area contributed by atoms with E-state index in [1.165, 1.54) is 79.8 Å². The van der Waals surface area contributed by atoms with Crippen LogP contribution in [-0.2, 0) is 24.7 Å². The molecule has 2 bridgehead atoms. The van der Waals surface area contributed by atoms with Gasteiger partial charge >= 0.3 is 0 Å². The third kappa shape index (κ3) is 5.37. The number of rotatable bonds is 10. The molecule has 0 aliphatic heterocycles. The second-order valence-electron chi connectivity index (χ2n) is 11.2. The van der Waals surface area contributed by atoms with Crippen molar-refractivity contribution in [2.24, 2.45) is 5.41 Å². The van der Waals surface area contributed by atoms with Crippen LogP contribution < -0.4 is 0 Å². The Kier molecular flexibility index (Phi) is 8.39. The van der Waals surface area contributed by atoms with Gasteiger partial charge < -0.3 is 0 Å². The molecule has 0 saturated heterocycles. The maximum atomic E-state index is 10.2. The second kappa shape index (κ2) is 11.3. The van der Waals surface area contributed by atoms with Gasteiger partial charge in [0.2, 0.25) is 0 Å². The Morgan fingerprint density at radius 2 is 1.46 bits per heavy atom. The fourth-order valence-corrected chi connectivity index (χ4v) is 7.45. The van der Waals surface area contributed by atoms with Crippen LogP contribution in [0.2, 0.25) is 0 Å². The van der Waals surface area contributed by atoms with Crippen LogP contribution in [-0.4, -0.2) is 0 Å². The lowest BCUT2D eigenvalue weighted by Gasteiger charge is -2.54. The first-order chi connectivity index (χ1) is 17.0. The molecule has 35 heavy (non-hydrogen) atoms. The highest BCUT2D eigenvalue weighted by Gasteiger charge is 2.49. The van der Waals surface area contributed by atoms with Crippen molar-refractivity contribution in [3.05, 3.63) is 68.2 Å². The molecule has 0 radical (unpaired) electrons. The van der Waals surface area contributed by atoms with Gasteiger partial charge in [0.05, 0.1) is 11.1 Å². The number of fused-ring (bicyclic) bond motifs is 3. The number of halogens is 1. The second-order valence-corrected chi connectivity index (χ2v) is 12.0. The van der Waals surface area contributed by atoms with E-state index in [4.69, 9.17) is 0 Å². The summed E-state index contributed by atoms with van der Waals surface area (Å²) in [6.07, 6.45) is 16.6. The molecule has 3 aliphatic rings. The lowest BCUT2D eigenvalue weighted by Crippen LogP contribution is -2.44. The van der Waals surface area contributed by atoms with E-state index >= 15 is 0 Å². The minimum atomic E-state index is 0.0989. The molecule has 184 valence electrons. The number of nitrogens with zero attached hydrogens (tertiary/aromatic N) is 2. The summed E-state index contributed by atoms with van der Waals surface area (Å²) in [6.45, 7) is 4.48. The molecule has 0 atom stereocenters. The minimum absolute atomic E-state index is 0.0989. The van der Waals surface area contributed by atoms with Gasteiger partial charge in [-0.2, -0.15) is 10.5 Å². The van der Waals surface area contributed by atoms with E-state index in [2.05, 4.69) is 72.2 Å². The first kappa shape index (κ1) is 26.0. The normalized spacial score (nSPS) is 23.1. The summed E-state index contributed by atoms with van der Waals surface area (Å²) in [4.78, 5) is 0. The summed E-state index contributed by atoms with van der Waals surface area (Å²) in [6, 6.07) is 15.9. The molecule has 0 heterocycles. The van der Waals surface area contributed by atoms with Crippen LogP contribution >= 0.6 is 15.9 Å². The number of nitriles is 2. The van der Waals surface area contributed by atoms with E-state index < -0.39 is 0 Å². The number of aryl methyl sites for hydroxylation is 3. The van der Waals surface area contributed by atoms with Gasteiger partial charge in [-0.1, -0.05) is 79.7 Å². The Hall–Kier alpha value is -2.10. The molecule has 0 aromatic heterocycles. The van der Waals surface area contributed by atoms with E-state index in [0.717, 1.165) is 36.8 Å². The van der Waals surface area contributed by atoms with Gasteiger partial charge in [-0.15, -0.1) is 0 Å². The summed E-state index contributed by atoms with van der Waals surface area (Å²) in [5, 5.41) is 20.3. The van der Waals surface area contributed by atoms with Gasteiger partial charge in [0.15, 0.2) is 0 Å². The molecule has 3 saturated carbocycles. The van der Waals surface area contributed by atoms with Gasteiger partial charge in [-0.05, 0) is 103 Å². The predicted molar refractivity (Wildman–Crippen MR) is 147 cm³/mol. The highest BCUT2D eigenvalue weighted by molar-refractivity contribution is 9.10. The molecule has 0 N–H and O–H groups in total. The van der Waals surface area contributed by atoms with E-state index in [9.17, 15) is 10.5 Å². The lowest BCUT2D eigenvalue weighted by atomic mass is 9.50. The molecule has 0 amide bonds. The molecule has 2 aromatic rings. The zero-order valence-corrected chi connectivity index (χ0v) is 23.1. The number of hydrogen-bond donors (Lipinski definition) is 0. The topological polar surface area (TPSA) is 47.6 Å². The van der Waals surface area contributed by atoms with Crippen molar-refractivity contribution in [1.82, 2.24) is 0 Å². The number of unbranched alkanes of at least 4 members (excludes halogenated alkanes) is 2. The lowest BCUT2D eigenvalue weighted by molar-refractivity contribution is 0.0304. The van der Waals surface area contributed by atoms with Gasteiger partial charge in [0.1, 0.15) is 12.1 Å². The molecule has 3 fully saturated rings. The molecular weight excluding hydrogens is 492 g/mol. The summed E-state index contributed by atoms with van der Waals surface area (Å²) >= 11 is 3.72. The SMILES string of the molecule is CCCCCC12CCC(c3ccc(CCc4ccc(CCC)c(Br)c4)c(C#N)c3C#N)(CC1)CC2. The largest absolute Gasteiger partial charge is 0.192 e. The highest BCUT2D eigenvalue weighted by Crippen LogP contribution is 2.60. The van der Waals surface area contributed by atoms with Crippen molar-refractivity contribution in [3.63, 3.8) is 0 Å². The van der Waals surface area contributed by atoms with Crippen molar-refractivity contribution < 1.29 is 0 Å².